The van der Waals surface area contributed by atoms with Gasteiger partial charge in [0.25, 0.3) is 0 Å². The number of hydrogen-bond acceptors (Lipinski definition) is 6. The summed E-state index contributed by atoms with van der Waals surface area (Å²) >= 11 is 0. The topological polar surface area (TPSA) is 97.6 Å². The smallest absolute Gasteiger partial charge is 0.338 e. The van der Waals surface area contributed by atoms with Gasteiger partial charge in [-0.3, -0.25) is 4.79 Å². The van der Waals surface area contributed by atoms with Gasteiger partial charge < -0.3 is 19.5 Å². The first-order chi connectivity index (χ1) is 14.4. The van der Waals surface area contributed by atoms with Crippen LogP contribution in [0.4, 0.5) is 5.69 Å². The van der Waals surface area contributed by atoms with Gasteiger partial charge in [0.05, 0.1) is 36.4 Å². The third kappa shape index (κ3) is 6.82. The SMILES string of the molecule is CCOc1cc(C(=O)OCCC(=O)Nc2ccccc2C#N)ccc1OCC(C)C. The maximum Gasteiger partial charge on any atom is 0.338 e. The van der Waals surface area contributed by atoms with E-state index >= 15 is 0 Å². The van der Waals surface area contributed by atoms with Crippen molar-refractivity contribution in [3.8, 4) is 17.6 Å². The predicted octanol–water partition coefficient (Wildman–Crippen LogP) is 4.18. The molecule has 0 aliphatic heterocycles. The number of amides is 1. The summed E-state index contributed by atoms with van der Waals surface area (Å²) in [5, 5.41) is 11.7. The van der Waals surface area contributed by atoms with Crippen LogP contribution in [0.3, 0.4) is 0 Å². The number of ether oxygens (including phenoxy) is 3. The van der Waals surface area contributed by atoms with Gasteiger partial charge in [-0.25, -0.2) is 4.79 Å². The Morgan fingerprint density at radius 2 is 1.87 bits per heavy atom. The summed E-state index contributed by atoms with van der Waals surface area (Å²) in [6.07, 6.45) is -0.0284. The first-order valence-corrected chi connectivity index (χ1v) is 9.80. The minimum Gasteiger partial charge on any atom is -0.490 e. The van der Waals surface area contributed by atoms with E-state index in [1.165, 1.54) is 0 Å². The molecule has 0 aromatic heterocycles. The lowest BCUT2D eigenvalue weighted by molar-refractivity contribution is -0.116. The number of anilines is 1. The van der Waals surface area contributed by atoms with E-state index in [2.05, 4.69) is 5.32 Å². The fourth-order valence-electron chi connectivity index (χ4n) is 2.50. The molecular formula is C23H26N2O5. The zero-order chi connectivity index (χ0) is 21.9. The fraction of sp³-hybridized carbons (Fsp3) is 0.348. The Kier molecular flexibility index (Phi) is 8.70. The number of nitrogens with one attached hydrogen (secondary N) is 1. The zero-order valence-electron chi connectivity index (χ0n) is 17.4. The molecule has 0 saturated heterocycles. The van der Waals surface area contributed by atoms with Gasteiger partial charge in [0.15, 0.2) is 11.5 Å². The molecule has 0 spiro atoms. The molecule has 158 valence electrons. The highest BCUT2D eigenvalue weighted by Gasteiger charge is 2.14. The molecule has 7 nitrogen and oxygen atoms in total. The number of nitriles is 1. The minimum absolute atomic E-state index is 0.0284. The monoisotopic (exact) mass is 410 g/mol. The Hall–Kier alpha value is -3.53. The highest BCUT2D eigenvalue weighted by Crippen LogP contribution is 2.29. The molecule has 0 unspecified atom stereocenters. The molecule has 30 heavy (non-hydrogen) atoms. The van der Waals surface area contributed by atoms with E-state index in [9.17, 15) is 9.59 Å². The third-order valence-electron chi connectivity index (χ3n) is 3.94. The Morgan fingerprint density at radius 3 is 2.57 bits per heavy atom. The second-order valence-corrected chi connectivity index (χ2v) is 6.89. The van der Waals surface area contributed by atoms with Crippen molar-refractivity contribution in [3.05, 3.63) is 53.6 Å². The highest BCUT2D eigenvalue weighted by molar-refractivity contribution is 5.93. The van der Waals surface area contributed by atoms with E-state index in [1.54, 1.807) is 42.5 Å². The van der Waals surface area contributed by atoms with E-state index in [4.69, 9.17) is 19.5 Å². The summed E-state index contributed by atoms with van der Waals surface area (Å²) < 4.78 is 16.5. The first kappa shape index (κ1) is 22.8. The van der Waals surface area contributed by atoms with Gasteiger partial charge in [-0.1, -0.05) is 26.0 Å². The third-order valence-corrected chi connectivity index (χ3v) is 3.94. The molecule has 0 aliphatic carbocycles. The van der Waals surface area contributed by atoms with Crippen molar-refractivity contribution in [1.82, 2.24) is 0 Å². The lowest BCUT2D eigenvalue weighted by Gasteiger charge is -2.14. The van der Waals surface area contributed by atoms with Crippen molar-refractivity contribution in [3.63, 3.8) is 0 Å². The lowest BCUT2D eigenvalue weighted by atomic mass is 10.2. The van der Waals surface area contributed by atoms with Crippen LogP contribution in [0.1, 0.15) is 43.1 Å². The van der Waals surface area contributed by atoms with Crippen molar-refractivity contribution in [2.45, 2.75) is 27.2 Å². The number of carbonyl (C=O) groups excluding carboxylic acids is 2. The summed E-state index contributed by atoms with van der Waals surface area (Å²) in [5.74, 6) is 0.487. The number of para-hydroxylation sites is 1. The van der Waals surface area contributed by atoms with Crippen LogP contribution in [0.15, 0.2) is 42.5 Å². The molecule has 0 fully saturated rings. The quantitative estimate of drug-likeness (QED) is 0.590. The Labute approximate surface area is 176 Å². The number of rotatable bonds is 10. The fourth-order valence-corrected chi connectivity index (χ4v) is 2.50. The van der Waals surface area contributed by atoms with Gasteiger partial charge in [-0.05, 0) is 43.2 Å². The van der Waals surface area contributed by atoms with Crippen molar-refractivity contribution < 1.29 is 23.8 Å². The standard InChI is InChI=1S/C23H26N2O5/c1-4-28-21-13-17(9-10-20(21)30-15-16(2)3)23(27)29-12-11-22(26)25-19-8-6-5-7-18(19)14-24/h5-10,13,16H,4,11-12,15H2,1-3H3,(H,25,26). The molecule has 0 radical (unpaired) electrons. The van der Waals surface area contributed by atoms with Crippen LogP contribution in [-0.4, -0.2) is 31.7 Å². The number of esters is 1. The average molecular weight is 410 g/mol. The Bertz CT molecular complexity index is 918. The molecule has 1 amide bonds. The second-order valence-electron chi connectivity index (χ2n) is 6.89. The number of nitrogens with zero attached hydrogens (tertiary/aromatic N) is 1. The van der Waals surface area contributed by atoms with Gasteiger partial charge in [-0.15, -0.1) is 0 Å². The van der Waals surface area contributed by atoms with Gasteiger partial charge >= 0.3 is 5.97 Å². The molecule has 7 heteroatoms. The lowest BCUT2D eigenvalue weighted by Crippen LogP contribution is -2.16. The van der Waals surface area contributed by atoms with Crippen LogP contribution in [0.5, 0.6) is 11.5 Å². The summed E-state index contributed by atoms with van der Waals surface area (Å²) in [6, 6.07) is 13.5. The van der Waals surface area contributed by atoms with Gasteiger partial charge in [0, 0.05) is 0 Å². The van der Waals surface area contributed by atoms with Crippen molar-refractivity contribution in [2.75, 3.05) is 25.1 Å². The molecule has 1 N–H and O–H groups in total. The van der Waals surface area contributed by atoms with Crippen LogP contribution < -0.4 is 14.8 Å². The van der Waals surface area contributed by atoms with Crippen LogP contribution in [0.2, 0.25) is 0 Å². The molecule has 2 aromatic carbocycles. The summed E-state index contributed by atoms with van der Waals surface area (Å²) in [6.45, 7) is 6.81. The number of carbonyl (C=O) groups is 2. The molecule has 0 heterocycles. The zero-order valence-corrected chi connectivity index (χ0v) is 17.4. The van der Waals surface area contributed by atoms with Crippen LogP contribution >= 0.6 is 0 Å². The summed E-state index contributed by atoms with van der Waals surface area (Å²) in [4.78, 5) is 24.4. The Morgan fingerprint density at radius 1 is 1.10 bits per heavy atom. The number of benzene rings is 2. The van der Waals surface area contributed by atoms with Crippen LogP contribution in [-0.2, 0) is 9.53 Å². The van der Waals surface area contributed by atoms with Gasteiger partial charge in [0.2, 0.25) is 5.91 Å². The normalized spacial score (nSPS) is 10.2. The van der Waals surface area contributed by atoms with E-state index in [0.717, 1.165) is 0 Å². The van der Waals surface area contributed by atoms with Crippen LogP contribution in [0.25, 0.3) is 0 Å². The second kappa shape index (κ2) is 11.5. The Balaban J connectivity index is 1.91. The van der Waals surface area contributed by atoms with Gasteiger partial charge in [-0.2, -0.15) is 5.26 Å². The highest BCUT2D eigenvalue weighted by atomic mass is 16.5. The largest absolute Gasteiger partial charge is 0.490 e. The molecular weight excluding hydrogens is 384 g/mol. The minimum atomic E-state index is -0.559. The summed E-state index contributed by atoms with van der Waals surface area (Å²) in [5.41, 5.74) is 1.10. The van der Waals surface area contributed by atoms with E-state index < -0.39 is 5.97 Å². The van der Waals surface area contributed by atoms with E-state index in [1.807, 2.05) is 26.8 Å². The molecule has 2 rings (SSSR count). The maximum atomic E-state index is 12.3. The van der Waals surface area contributed by atoms with E-state index in [-0.39, 0.29) is 18.9 Å². The summed E-state index contributed by atoms with van der Waals surface area (Å²) in [7, 11) is 0. The van der Waals surface area contributed by atoms with Crippen LogP contribution in [0, 0.1) is 17.2 Å². The average Bonchev–Trinajstić information content (AvgIpc) is 2.73. The predicted molar refractivity (Wildman–Crippen MR) is 113 cm³/mol. The molecule has 0 saturated carbocycles. The van der Waals surface area contributed by atoms with Gasteiger partial charge in [0.1, 0.15) is 12.7 Å². The first-order valence-electron chi connectivity index (χ1n) is 9.80. The molecule has 0 atom stereocenters. The molecule has 2 aromatic rings. The number of hydrogen-bond donors (Lipinski definition) is 1. The maximum absolute atomic E-state index is 12.3. The molecule has 0 aliphatic rings. The van der Waals surface area contributed by atoms with E-state index in [0.29, 0.717) is 47.4 Å². The van der Waals surface area contributed by atoms with Crippen molar-refractivity contribution in [1.29, 1.82) is 5.26 Å². The van der Waals surface area contributed by atoms with Crippen molar-refractivity contribution in [2.24, 2.45) is 5.92 Å². The van der Waals surface area contributed by atoms with Crippen molar-refractivity contribution >= 4 is 17.6 Å². The molecule has 0 bridgehead atoms.